The number of fused-ring (bicyclic) bond motifs is 1. The number of thiazole rings is 1. The second-order valence-electron chi connectivity index (χ2n) is 6.14. The molecule has 0 saturated carbocycles. The average molecular weight is 394 g/mol. The zero-order valence-corrected chi connectivity index (χ0v) is 14.8. The Labute approximate surface area is 155 Å². The molecule has 1 aliphatic rings. The number of urea groups is 1. The molecule has 4 rings (SSSR count). The Balaban J connectivity index is 1.58. The van der Waals surface area contributed by atoms with E-state index in [4.69, 9.17) is 4.52 Å². The minimum Gasteiger partial charge on any atom is -0.353 e. The predicted octanol–water partition coefficient (Wildman–Crippen LogP) is 4.19. The molecule has 1 N–H and O–H groups in total. The van der Waals surface area contributed by atoms with Crippen molar-refractivity contribution in [3.8, 4) is 10.8 Å². The molecule has 3 aromatic rings. The predicted molar refractivity (Wildman–Crippen MR) is 91.7 cm³/mol. The molecule has 0 bridgehead atoms. The van der Waals surface area contributed by atoms with Crippen LogP contribution in [0.5, 0.6) is 0 Å². The molecule has 140 valence electrons. The number of amides is 2. The number of nitrogens with one attached hydrogen (secondary N) is 1. The first-order valence-corrected chi connectivity index (χ1v) is 8.91. The molecule has 1 aliphatic heterocycles. The highest BCUT2D eigenvalue weighted by molar-refractivity contribution is 7.13. The molecule has 1 atom stereocenters. The van der Waals surface area contributed by atoms with Gasteiger partial charge in [0.15, 0.2) is 22.5 Å². The zero-order valence-electron chi connectivity index (χ0n) is 14.0. The van der Waals surface area contributed by atoms with Gasteiger partial charge in [-0.1, -0.05) is 5.16 Å². The molecule has 0 fully saturated rings. The van der Waals surface area contributed by atoms with Gasteiger partial charge >= 0.3 is 6.03 Å². The summed E-state index contributed by atoms with van der Waals surface area (Å²) in [4.78, 5) is 18.3. The maximum atomic E-state index is 13.4. The molecule has 0 radical (unpaired) electrons. The summed E-state index contributed by atoms with van der Waals surface area (Å²) >= 11 is 1.39. The van der Waals surface area contributed by atoms with Gasteiger partial charge in [-0.05, 0) is 6.92 Å². The Morgan fingerprint density at radius 1 is 1.33 bits per heavy atom. The second-order valence-corrected chi connectivity index (χ2v) is 7.03. The summed E-state index contributed by atoms with van der Waals surface area (Å²) in [6.07, 6.45) is 2.10. The quantitative estimate of drug-likeness (QED) is 0.662. The van der Waals surface area contributed by atoms with E-state index >= 15 is 0 Å². The van der Waals surface area contributed by atoms with Crippen LogP contribution in [0, 0.1) is 17.5 Å². The molecule has 2 aromatic heterocycles. The fraction of sp³-hybridized carbons (Fsp3) is 0.235. The molecule has 0 saturated heterocycles. The highest BCUT2D eigenvalue weighted by atomic mass is 32.1. The van der Waals surface area contributed by atoms with Crippen molar-refractivity contribution >= 4 is 23.1 Å². The summed E-state index contributed by atoms with van der Waals surface area (Å²) in [5.74, 6) is -3.82. The van der Waals surface area contributed by atoms with Crippen LogP contribution in [-0.4, -0.2) is 27.1 Å². The van der Waals surface area contributed by atoms with Crippen molar-refractivity contribution in [1.82, 2.24) is 15.0 Å². The maximum absolute atomic E-state index is 13.4. The van der Waals surface area contributed by atoms with Crippen LogP contribution in [-0.2, 0) is 13.0 Å². The number of aromatic nitrogens is 2. The van der Waals surface area contributed by atoms with E-state index in [0.29, 0.717) is 17.2 Å². The third-order valence-corrected chi connectivity index (χ3v) is 5.11. The largest absolute Gasteiger partial charge is 0.353 e. The molecule has 6 nitrogen and oxygen atoms in total. The number of hydrogen-bond acceptors (Lipinski definition) is 5. The van der Waals surface area contributed by atoms with E-state index in [2.05, 4.69) is 15.5 Å². The van der Waals surface area contributed by atoms with Crippen LogP contribution in [0.2, 0.25) is 0 Å². The van der Waals surface area contributed by atoms with Crippen LogP contribution in [0.3, 0.4) is 0 Å². The molecule has 0 unspecified atom stereocenters. The lowest BCUT2D eigenvalue weighted by Gasteiger charge is -2.32. The number of hydrogen-bond donors (Lipinski definition) is 1. The fourth-order valence-electron chi connectivity index (χ4n) is 2.98. The van der Waals surface area contributed by atoms with Gasteiger partial charge in [-0.25, -0.2) is 22.9 Å². The molecule has 1 aromatic carbocycles. The number of halogens is 3. The summed E-state index contributed by atoms with van der Waals surface area (Å²) in [6, 6.07) is 0.680. The SMILES string of the molecule is C[C@H]1Cc2noc(-c3nccs3)c2CN1C(=O)Nc1cc(F)c(F)c(F)c1. The van der Waals surface area contributed by atoms with Gasteiger partial charge in [0.05, 0.1) is 12.2 Å². The Morgan fingerprint density at radius 3 is 2.74 bits per heavy atom. The number of benzene rings is 1. The smallest absolute Gasteiger partial charge is 0.322 e. The fourth-order valence-corrected chi connectivity index (χ4v) is 3.62. The van der Waals surface area contributed by atoms with E-state index in [9.17, 15) is 18.0 Å². The molecule has 10 heteroatoms. The number of rotatable bonds is 2. The van der Waals surface area contributed by atoms with E-state index < -0.39 is 23.5 Å². The van der Waals surface area contributed by atoms with Gasteiger partial charge in [-0.3, -0.25) is 0 Å². The maximum Gasteiger partial charge on any atom is 0.322 e. The lowest BCUT2D eigenvalue weighted by atomic mass is 10.0. The van der Waals surface area contributed by atoms with Crippen LogP contribution >= 0.6 is 11.3 Å². The Morgan fingerprint density at radius 2 is 2.07 bits per heavy atom. The van der Waals surface area contributed by atoms with Crippen molar-refractivity contribution in [2.24, 2.45) is 0 Å². The van der Waals surface area contributed by atoms with Crippen molar-refractivity contribution < 1.29 is 22.5 Å². The lowest BCUT2D eigenvalue weighted by Crippen LogP contribution is -2.44. The molecular formula is C17H13F3N4O2S. The minimum atomic E-state index is -1.58. The first kappa shape index (κ1) is 17.5. The summed E-state index contributed by atoms with van der Waals surface area (Å²) in [7, 11) is 0. The summed E-state index contributed by atoms with van der Waals surface area (Å²) in [5, 5.41) is 8.93. The van der Waals surface area contributed by atoms with E-state index in [1.807, 2.05) is 6.92 Å². The van der Waals surface area contributed by atoms with Crippen molar-refractivity contribution in [3.63, 3.8) is 0 Å². The molecule has 3 heterocycles. The number of carbonyl (C=O) groups excluding carboxylic acids is 1. The lowest BCUT2D eigenvalue weighted by molar-refractivity contribution is 0.182. The molecule has 2 amide bonds. The van der Waals surface area contributed by atoms with Crippen LogP contribution in [0.1, 0.15) is 18.2 Å². The number of carbonyl (C=O) groups is 1. The first-order valence-electron chi connectivity index (χ1n) is 8.03. The van der Waals surface area contributed by atoms with Crippen LogP contribution in [0.15, 0.2) is 28.2 Å². The van der Waals surface area contributed by atoms with Crippen molar-refractivity contribution in [1.29, 1.82) is 0 Å². The van der Waals surface area contributed by atoms with E-state index in [0.717, 1.165) is 23.4 Å². The van der Waals surface area contributed by atoms with Gasteiger partial charge in [0.2, 0.25) is 5.76 Å². The standard InChI is InChI=1S/C17H13F3N4O2S/c1-8-4-13-10(15(26-23-13)16-21-2-3-27-16)7-24(8)17(25)22-9-5-11(18)14(20)12(19)6-9/h2-3,5-6,8H,4,7H2,1H3,(H,22,25)/t8-/m0/s1. The summed E-state index contributed by atoms with van der Waals surface area (Å²) in [6.45, 7) is 2.03. The van der Waals surface area contributed by atoms with Gasteiger partial charge < -0.3 is 14.7 Å². The van der Waals surface area contributed by atoms with Crippen molar-refractivity contribution in [2.75, 3.05) is 5.32 Å². The first-order chi connectivity index (χ1) is 12.9. The van der Waals surface area contributed by atoms with Crippen molar-refractivity contribution in [3.05, 3.63) is 52.4 Å². The molecule has 27 heavy (non-hydrogen) atoms. The van der Waals surface area contributed by atoms with Crippen molar-refractivity contribution in [2.45, 2.75) is 25.9 Å². The average Bonchev–Trinajstić information content (AvgIpc) is 3.27. The van der Waals surface area contributed by atoms with Crippen LogP contribution < -0.4 is 5.32 Å². The molecular weight excluding hydrogens is 381 g/mol. The normalized spacial score (nSPS) is 16.3. The topological polar surface area (TPSA) is 71.3 Å². The minimum absolute atomic E-state index is 0.167. The summed E-state index contributed by atoms with van der Waals surface area (Å²) in [5.41, 5.74) is 1.32. The van der Waals surface area contributed by atoms with Gasteiger partial charge in [-0.2, -0.15) is 0 Å². The number of nitrogens with zero attached hydrogens (tertiary/aromatic N) is 3. The van der Waals surface area contributed by atoms with E-state index in [-0.39, 0.29) is 18.3 Å². The number of anilines is 1. The van der Waals surface area contributed by atoms with Crippen LogP contribution in [0.25, 0.3) is 10.8 Å². The third-order valence-electron chi connectivity index (χ3n) is 4.34. The monoisotopic (exact) mass is 394 g/mol. The second kappa shape index (κ2) is 6.69. The Kier molecular flexibility index (Phi) is 4.34. The van der Waals surface area contributed by atoms with Gasteiger partial charge in [0.25, 0.3) is 0 Å². The molecule has 0 aliphatic carbocycles. The summed E-state index contributed by atoms with van der Waals surface area (Å²) < 4.78 is 45.2. The Bertz CT molecular complexity index is 983. The zero-order chi connectivity index (χ0) is 19.1. The highest BCUT2D eigenvalue weighted by Crippen LogP contribution is 2.33. The van der Waals surface area contributed by atoms with Gasteiger partial charge in [0.1, 0.15) is 0 Å². The third kappa shape index (κ3) is 3.16. The van der Waals surface area contributed by atoms with E-state index in [1.54, 1.807) is 11.6 Å². The van der Waals surface area contributed by atoms with Gasteiger partial charge in [0, 0.05) is 47.4 Å². The Hall–Kier alpha value is -2.88. The van der Waals surface area contributed by atoms with Gasteiger partial charge in [-0.15, -0.1) is 11.3 Å². The van der Waals surface area contributed by atoms with E-state index in [1.165, 1.54) is 16.2 Å². The van der Waals surface area contributed by atoms with Crippen LogP contribution in [0.4, 0.5) is 23.7 Å². The molecule has 0 spiro atoms. The highest BCUT2D eigenvalue weighted by Gasteiger charge is 2.33.